The zero-order valence-corrected chi connectivity index (χ0v) is 12.5. The van der Waals surface area contributed by atoms with Crippen molar-refractivity contribution in [3.63, 3.8) is 0 Å². The fourth-order valence-corrected chi connectivity index (χ4v) is 1.74. The molecule has 2 aromatic rings. The van der Waals surface area contributed by atoms with Crippen LogP contribution >= 0.6 is 23.2 Å². The molecule has 0 bridgehead atoms. The maximum absolute atomic E-state index is 5.96. The Morgan fingerprint density at radius 1 is 1.10 bits per heavy atom. The predicted molar refractivity (Wildman–Crippen MR) is 80.3 cm³/mol. The van der Waals surface area contributed by atoms with Gasteiger partial charge in [0.1, 0.15) is 0 Å². The molecule has 0 radical (unpaired) electrons. The predicted octanol–water partition coefficient (Wildman–Crippen LogP) is 3.36. The summed E-state index contributed by atoms with van der Waals surface area (Å²) in [5, 5.41) is 6.95. The first-order valence-electron chi connectivity index (χ1n) is 5.88. The first-order valence-corrected chi connectivity index (χ1v) is 6.64. The highest BCUT2D eigenvalue weighted by Crippen LogP contribution is 2.26. The summed E-state index contributed by atoms with van der Waals surface area (Å²) in [4.78, 5) is 12.4. The van der Waals surface area contributed by atoms with Crippen molar-refractivity contribution in [2.45, 2.75) is 6.92 Å². The molecule has 0 saturated heterocycles. The number of methoxy groups -OCH3 is 1. The third kappa shape index (κ3) is 3.61. The molecule has 1 aromatic carbocycles. The topological polar surface area (TPSA) is 72.0 Å². The van der Waals surface area contributed by atoms with E-state index < -0.39 is 0 Å². The van der Waals surface area contributed by atoms with Crippen molar-refractivity contribution < 1.29 is 4.74 Å². The number of nitrogens with one attached hydrogen (secondary N) is 2. The van der Waals surface area contributed by atoms with E-state index in [1.165, 1.54) is 7.11 Å². The fourth-order valence-electron chi connectivity index (χ4n) is 1.44. The van der Waals surface area contributed by atoms with Crippen molar-refractivity contribution in [2.75, 3.05) is 24.3 Å². The molecule has 6 nitrogen and oxygen atoms in total. The van der Waals surface area contributed by atoms with E-state index in [0.717, 1.165) is 5.69 Å². The Hall–Kier alpha value is -1.79. The van der Waals surface area contributed by atoms with Crippen molar-refractivity contribution >= 4 is 40.8 Å². The number of anilines is 3. The molecule has 0 aliphatic heterocycles. The number of benzene rings is 1. The summed E-state index contributed by atoms with van der Waals surface area (Å²) < 4.78 is 5.03. The van der Waals surface area contributed by atoms with Gasteiger partial charge in [-0.25, -0.2) is 0 Å². The van der Waals surface area contributed by atoms with Crippen molar-refractivity contribution in [2.24, 2.45) is 0 Å². The maximum atomic E-state index is 5.96. The molecule has 0 aliphatic rings. The molecule has 20 heavy (non-hydrogen) atoms. The standard InChI is InChI=1S/C12H13Cl2N5O/c1-3-15-10-17-11(19-12(18-10)20-2)16-7-4-5-8(13)9(14)6-7/h4-6H,3H2,1-2H3,(H2,15,16,17,18,19). The minimum Gasteiger partial charge on any atom is -0.467 e. The molecule has 0 saturated carbocycles. The Morgan fingerprint density at radius 2 is 1.85 bits per heavy atom. The van der Waals surface area contributed by atoms with Gasteiger partial charge < -0.3 is 15.4 Å². The molecule has 0 aliphatic carbocycles. The molecular weight excluding hydrogens is 301 g/mol. The van der Waals surface area contributed by atoms with Crippen LogP contribution in [0.2, 0.25) is 10.0 Å². The molecule has 1 aromatic heterocycles. The first-order chi connectivity index (χ1) is 9.62. The number of rotatable bonds is 5. The quantitative estimate of drug-likeness (QED) is 0.882. The van der Waals surface area contributed by atoms with E-state index in [9.17, 15) is 0 Å². The number of ether oxygens (including phenoxy) is 1. The lowest BCUT2D eigenvalue weighted by Gasteiger charge is -2.09. The Labute approximate surface area is 126 Å². The average molecular weight is 314 g/mol. The van der Waals surface area contributed by atoms with Gasteiger partial charge >= 0.3 is 6.01 Å². The van der Waals surface area contributed by atoms with Crippen molar-refractivity contribution in [3.05, 3.63) is 28.2 Å². The monoisotopic (exact) mass is 313 g/mol. The summed E-state index contributed by atoms with van der Waals surface area (Å²) in [7, 11) is 1.49. The lowest BCUT2D eigenvalue weighted by Crippen LogP contribution is -2.07. The van der Waals surface area contributed by atoms with Gasteiger partial charge in [0.25, 0.3) is 0 Å². The molecule has 0 atom stereocenters. The van der Waals surface area contributed by atoms with Crippen LogP contribution in [0.5, 0.6) is 6.01 Å². The Morgan fingerprint density at radius 3 is 2.50 bits per heavy atom. The fraction of sp³-hybridized carbons (Fsp3) is 0.250. The molecule has 2 N–H and O–H groups in total. The van der Waals surface area contributed by atoms with E-state index in [0.29, 0.717) is 28.5 Å². The summed E-state index contributed by atoms with van der Waals surface area (Å²) in [5.41, 5.74) is 0.718. The summed E-state index contributed by atoms with van der Waals surface area (Å²) in [5.74, 6) is 0.785. The van der Waals surface area contributed by atoms with Crippen LogP contribution < -0.4 is 15.4 Å². The Kier molecular flexibility index (Phi) is 4.81. The average Bonchev–Trinajstić information content (AvgIpc) is 2.43. The van der Waals surface area contributed by atoms with E-state index in [4.69, 9.17) is 27.9 Å². The van der Waals surface area contributed by atoms with Gasteiger partial charge in [-0.1, -0.05) is 23.2 Å². The van der Waals surface area contributed by atoms with Gasteiger partial charge in [-0.2, -0.15) is 15.0 Å². The third-order valence-corrected chi connectivity index (χ3v) is 3.05. The number of hydrogen-bond acceptors (Lipinski definition) is 6. The van der Waals surface area contributed by atoms with Crippen molar-refractivity contribution in [3.8, 4) is 6.01 Å². The minimum atomic E-state index is 0.221. The van der Waals surface area contributed by atoms with Crippen LogP contribution in [0.25, 0.3) is 0 Å². The highest BCUT2D eigenvalue weighted by atomic mass is 35.5. The summed E-state index contributed by atoms with van der Waals surface area (Å²) in [6, 6.07) is 5.37. The Balaban J connectivity index is 2.27. The van der Waals surface area contributed by atoms with Crippen LogP contribution in [0.15, 0.2) is 18.2 Å². The zero-order chi connectivity index (χ0) is 14.5. The largest absolute Gasteiger partial charge is 0.467 e. The molecular formula is C12H13Cl2N5O. The smallest absolute Gasteiger partial charge is 0.322 e. The first kappa shape index (κ1) is 14.6. The van der Waals surface area contributed by atoms with Crippen LogP contribution in [0.1, 0.15) is 6.92 Å². The lowest BCUT2D eigenvalue weighted by molar-refractivity contribution is 0.379. The molecule has 0 spiro atoms. The summed E-state index contributed by atoms with van der Waals surface area (Å²) in [6.45, 7) is 2.64. The molecule has 106 valence electrons. The van der Waals surface area contributed by atoms with Gasteiger partial charge in [0.15, 0.2) is 0 Å². The summed E-state index contributed by atoms with van der Waals surface area (Å²) >= 11 is 11.8. The van der Waals surface area contributed by atoms with E-state index >= 15 is 0 Å². The van der Waals surface area contributed by atoms with Gasteiger partial charge in [0.05, 0.1) is 17.2 Å². The highest BCUT2D eigenvalue weighted by Gasteiger charge is 2.07. The van der Waals surface area contributed by atoms with E-state index in [2.05, 4.69) is 25.6 Å². The highest BCUT2D eigenvalue weighted by molar-refractivity contribution is 6.42. The second-order valence-electron chi connectivity index (χ2n) is 3.75. The van der Waals surface area contributed by atoms with Crippen LogP contribution in [-0.4, -0.2) is 28.6 Å². The van der Waals surface area contributed by atoms with Crippen LogP contribution in [0.4, 0.5) is 17.6 Å². The zero-order valence-electron chi connectivity index (χ0n) is 10.9. The van der Waals surface area contributed by atoms with Crippen LogP contribution in [-0.2, 0) is 0 Å². The van der Waals surface area contributed by atoms with Gasteiger partial charge in [-0.15, -0.1) is 0 Å². The van der Waals surface area contributed by atoms with Gasteiger partial charge in [-0.3, -0.25) is 0 Å². The number of hydrogen-bond donors (Lipinski definition) is 2. The molecule has 0 fully saturated rings. The van der Waals surface area contributed by atoms with Crippen molar-refractivity contribution in [1.29, 1.82) is 0 Å². The summed E-state index contributed by atoms with van der Waals surface area (Å²) in [6.07, 6.45) is 0. The van der Waals surface area contributed by atoms with E-state index in [1.54, 1.807) is 18.2 Å². The van der Waals surface area contributed by atoms with Crippen molar-refractivity contribution in [1.82, 2.24) is 15.0 Å². The molecule has 0 amide bonds. The van der Waals surface area contributed by atoms with E-state index in [1.807, 2.05) is 6.92 Å². The van der Waals surface area contributed by atoms with Crippen LogP contribution in [0, 0.1) is 0 Å². The lowest BCUT2D eigenvalue weighted by atomic mass is 10.3. The Bertz CT molecular complexity index is 608. The SMILES string of the molecule is CCNc1nc(Nc2ccc(Cl)c(Cl)c2)nc(OC)n1. The van der Waals surface area contributed by atoms with Crippen LogP contribution in [0.3, 0.4) is 0 Å². The maximum Gasteiger partial charge on any atom is 0.322 e. The van der Waals surface area contributed by atoms with Gasteiger partial charge in [0, 0.05) is 12.2 Å². The molecule has 1 heterocycles. The molecule has 8 heteroatoms. The van der Waals surface area contributed by atoms with Gasteiger partial charge in [0.2, 0.25) is 11.9 Å². The second-order valence-corrected chi connectivity index (χ2v) is 4.57. The molecule has 0 unspecified atom stereocenters. The number of halogens is 2. The normalized spacial score (nSPS) is 10.2. The minimum absolute atomic E-state index is 0.221. The van der Waals surface area contributed by atoms with E-state index in [-0.39, 0.29) is 6.01 Å². The third-order valence-electron chi connectivity index (χ3n) is 2.31. The number of aromatic nitrogens is 3. The number of nitrogens with zero attached hydrogens (tertiary/aromatic N) is 3. The van der Waals surface area contributed by atoms with Gasteiger partial charge in [-0.05, 0) is 25.1 Å². The second kappa shape index (κ2) is 6.58. The molecule has 2 rings (SSSR count).